The fourth-order valence-corrected chi connectivity index (χ4v) is 2.13. The Bertz CT molecular complexity index is 631. The smallest absolute Gasteiger partial charge is 0.262 e. The largest absolute Gasteiger partial charge is 0.483 e. The standard InChI is InChI=1S/C15H14ClNO2S/c1-10-8-11(16)6-7-13(10)19-9-15(18)17-12-4-2-3-5-14(12)20/h2-8,20H,9H2,1H3,(H,17,18). The minimum absolute atomic E-state index is 0.0649. The van der Waals surface area contributed by atoms with Crippen molar-refractivity contribution in [1.29, 1.82) is 0 Å². The molecular weight excluding hydrogens is 294 g/mol. The first kappa shape index (κ1) is 14.8. The van der Waals surface area contributed by atoms with Crippen LogP contribution in [0.1, 0.15) is 5.56 Å². The average Bonchev–Trinajstić information content (AvgIpc) is 2.40. The Morgan fingerprint density at radius 3 is 2.75 bits per heavy atom. The van der Waals surface area contributed by atoms with Crippen molar-refractivity contribution in [1.82, 2.24) is 0 Å². The van der Waals surface area contributed by atoms with Gasteiger partial charge < -0.3 is 10.1 Å². The molecule has 0 aromatic heterocycles. The van der Waals surface area contributed by atoms with Gasteiger partial charge in [-0.05, 0) is 42.8 Å². The van der Waals surface area contributed by atoms with Crippen molar-refractivity contribution in [3.05, 3.63) is 53.1 Å². The number of aryl methyl sites for hydroxylation is 1. The van der Waals surface area contributed by atoms with Crippen LogP contribution in [0.5, 0.6) is 5.75 Å². The number of rotatable bonds is 4. The second-order valence-corrected chi connectivity index (χ2v) is 5.18. The van der Waals surface area contributed by atoms with Crippen LogP contribution in [0.4, 0.5) is 5.69 Å². The minimum atomic E-state index is -0.235. The maximum absolute atomic E-state index is 11.8. The molecule has 0 saturated carbocycles. The van der Waals surface area contributed by atoms with Crippen LogP contribution >= 0.6 is 24.2 Å². The second kappa shape index (κ2) is 6.68. The van der Waals surface area contributed by atoms with E-state index in [1.165, 1.54) is 0 Å². The summed E-state index contributed by atoms with van der Waals surface area (Å²) in [5.41, 5.74) is 1.55. The SMILES string of the molecule is Cc1cc(Cl)ccc1OCC(=O)Nc1ccccc1S. The van der Waals surface area contributed by atoms with Crippen molar-refractivity contribution in [2.24, 2.45) is 0 Å². The van der Waals surface area contributed by atoms with Gasteiger partial charge in [-0.15, -0.1) is 12.6 Å². The van der Waals surface area contributed by atoms with E-state index in [0.717, 1.165) is 5.56 Å². The lowest BCUT2D eigenvalue weighted by atomic mass is 10.2. The molecule has 0 spiro atoms. The van der Waals surface area contributed by atoms with E-state index in [1.54, 1.807) is 24.3 Å². The van der Waals surface area contributed by atoms with E-state index in [1.807, 2.05) is 25.1 Å². The number of nitrogens with one attached hydrogen (secondary N) is 1. The van der Waals surface area contributed by atoms with E-state index in [2.05, 4.69) is 17.9 Å². The maximum Gasteiger partial charge on any atom is 0.262 e. The van der Waals surface area contributed by atoms with Crippen LogP contribution in [-0.2, 0) is 4.79 Å². The van der Waals surface area contributed by atoms with Gasteiger partial charge in [0.25, 0.3) is 5.91 Å². The first-order chi connectivity index (χ1) is 9.56. The van der Waals surface area contributed by atoms with Gasteiger partial charge in [-0.3, -0.25) is 4.79 Å². The van der Waals surface area contributed by atoms with Gasteiger partial charge in [-0.2, -0.15) is 0 Å². The van der Waals surface area contributed by atoms with Crippen molar-refractivity contribution < 1.29 is 9.53 Å². The van der Waals surface area contributed by atoms with Crippen LogP contribution in [0.25, 0.3) is 0 Å². The summed E-state index contributed by atoms with van der Waals surface area (Å²) >= 11 is 10.1. The zero-order valence-corrected chi connectivity index (χ0v) is 12.5. The van der Waals surface area contributed by atoms with E-state index in [4.69, 9.17) is 16.3 Å². The Morgan fingerprint density at radius 2 is 2.05 bits per heavy atom. The van der Waals surface area contributed by atoms with Crippen molar-refractivity contribution in [3.8, 4) is 5.75 Å². The number of ether oxygens (including phenoxy) is 1. The number of para-hydroxylation sites is 1. The summed E-state index contributed by atoms with van der Waals surface area (Å²) < 4.78 is 5.47. The molecule has 0 atom stereocenters. The monoisotopic (exact) mass is 307 g/mol. The number of benzene rings is 2. The van der Waals surface area contributed by atoms with Crippen molar-refractivity contribution in [2.75, 3.05) is 11.9 Å². The Balaban J connectivity index is 1.94. The highest BCUT2D eigenvalue weighted by molar-refractivity contribution is 7.80. The molecule has 0 unspecified atom stereocenters. The lowest BCUT2D eigenvalue weighted by molar-refractivity contribution is -0.118. The number of carbonyl (C=O) groups excluding carboxylic acids is 1. The van der Waals surface area contributed by atoms with Crippen molar-refractivity contribution in [2.45, 2.75) is 11.8 Å². The van der Waals surface area contributed by atoms with Gasteiger partial charge in [0.1, 0.15) is 5.75 Å². The summed E-state index contributed by atoms with van der Waals surface area (Å²) in [4.78, 5) is 12.5. The van der Waals surface area contributed by atoms with Crippen LogP contribution < -0.4 is 10.1 Å². The van der Waals surface area contributed by atoms with E-state index in [-0.39, 0.29) is 12.5 Å². The molecule has 0 aliphatic heterocycles. The van der Waals surface area contributed by atoms with Gasteiger partial charge in [0.15, 0.2) is 6.61 Å². The zero-order valence-electron chi connectivity index (χ0n) is 10.9. The molecule has 2 aromatic carbocycles. The molecule has 1 amide bonds. The number of anilines is 1. The van der Waals surface area contributed by atoms with E-state index < -0.39 is 0 Å². The highest BCUT2D eigenvalue weighted by atomic mass is 35.5. The molecule has 104 valence electrons. The van der Waals surface area contributed by atoms with E-state index in [9.17, 15) is 4.79 Å². The number of thiol groups is 1. The molecule has 0 aliphatic carbocycles. The first-order valence-electron chi connectivity index (χ1n) is 6.03. The molecule has 1 N–H and O–H groups in total. The molecule has 3 nitrogen and oxygen atoms in total. The molecule has 5 heteroatoms. The summed E-state index contributed by atoms with van der Waals surface area (Å²) in [6.07, 6.45) is 0. The molecule has 20 heavy (non-hydrogen) atoms. The Kier molecular flexibility index (Phi) is 4.93. The molecule has 2 aromatic rings. The van der Waals surface area contributed by atoms with Gasteiger partial charge in [-0.1, -0.05) is 23.7 Å². The lowest BCUT2D eigenvalue weighted by Gasteiger charge is -2.10. The number of amides is 1. The quantitative estimate of drug-likeness (QED) is 0.839. The van der Waals surface area contributed by atoms with Crippen LogP contribution in [0.3, 0.4) is 0 Å². The van der Waals surface area contributed by atoms with Crippen LogP contribution in [0, 0.1) is 6.92 Å². The minimum Gasteiger partial charge on any atom is -0.483 e. The van der Waals surface area contributed by atoms with Gasteiger partial charge >= 0.3 is 0 Å². The molecule has 0 fully saturated rings. The highest BCUT2D eigenvalue weighted by Gasteiger charge is 2.07. The normalized spacial score (nSPS) is 10.2. The van der Waals surface area contributed by atoms with Crippen molar-refractivity contribution >= 4 is 35.8 Å². The number of carbonyl (C=O) groups is 1. The molecule has 0 bridgehead atoms. The molecule has 0 aliphatic rings. The topological polar surface area (TPSA) is 38.3 Å². The van der Waals surface area contributed by atoms with Crippen molar-refractivity contribution in [3.63, 3.8) is 0 Å². The van der Waals surface area contributed by atoms with E-state index in [0.29, 0.717) is 21.4 Å². The van der Waals surface area contributed by atoms with Crippen LogP contribution in [-0.4, -0.2) is 12.5 Å². The Hall–Kier alpha value is -1.65. The van der Waals surface area contributed by atoms with Gasteiger partial charge in [0, 0.05) is 9.92 Å². The highest BCUT2D eigenvalue weighted by Crippen LogP contribution is 2.22. The van der Waals surface area contributed by atoms with Crippen LogP contribution in [0.15, 0.2) is 47.4 Å². The summed E-state index contributed by atoms with van der Waals surface area (Å²) in [6, 6.07) is 12.5. The maximum atomic E-state index is 11.8. The fraction of sp³-hybridized carbons (Fsp3) is 0.133. The molecular formula is C15H14ClNO2S. The third-order valence-corrected chi connectivity index (χ3v) is 3.30. The number of halogens is 1. The molecule has 0 heterocycles. The lowest BCUT2D eigenvalue weighted by Crippen LogP contribution is -2.20. The molecule has 0 saturated heterocycles. The Morgan fingerprint density at radius 1 is 1.30 bits per heavy atom. The van der Waals surface area contributed by atoms with Gasteiger partial charge in [0.2, 0.25) is 0 Å². The first-order valence-corrected chi connectivity index (χ1v) is 6.85. The summed E-state index contributed by atoms with van der Waals surface area (Å²) in [7, 11) is 0. The summed E-state index contributed by atoms with van der Waals surface area (Å²) in [5, 5.41) is 3.39. The number of hydrogen-bond acceptors (Lipinski definition) is 3. The third-order valence-electron chi connectivity index (χ3n) is 2.67. The predicted octanol–water partition coefficient (Wildman–Crippen LogP) is 3.95. The fourth-order valence-electron chi connectivity index (χ4n) is 1.68. The van der Waals surface area contributed by atoms with Crippen LogP contribution in [0.2, 0.25) is 5.02 Å². The zero-order chi connectivity index (χ0) is 14.5. The average molecular weight is 308 g/mol. The summed E-state index contributed by atoms with van der Waals surface area (Å²) in [6.45, 7) is 1.81. The van der Waals surface area contributed by atoms with E-state index >= 15 is 0 Å². The molecule has 2 rings (SSSR count). The summed E-state index contributed by atoms with van der Waals surface area (Å²) in [5.74, 6) is 0.407. The second-order valence-electron chi connectivity index (χ2n) is 4.26. The van der Waals surface area contributed by atoms with Gasteiger partial charge in [0.05, 0.1) is 5.69 Å². The predicted molar refractivity (Wildman–Crippen MR) is 84.0 cm³/mol. The number of hydrogen-bond donors (Lipinski definition) is 2. The Labute approximate surface area is 128 Å². The third kappa shape index (κ3) is 3.92. The van der Waals surface area contributed by atoms with Gasteiger partial charge in [-0.25, -0.2) is 0 Å². The molecule has 0 radical (unpaired) electrons.